The second-order valence-corrected chi connectivity index (χ2v) is 8.36. The van der Waals surface area contributed by atoms with Crippen LogP contribution in [0.5, 0.6) is 5.75 Å². The molecule has 33 heavy (non-hydrogen) atoms. The number of carbonyl (C=O) groups excluding carboxylic acids is 2. The third-order valence-corrected chi connectivity index (χ3v) is 5.80. The molecule has 0 aliphatic carbocycles. The quantitative estimate of drug-likeness (QED) is 0.566. The van der Waals surface area contributed by atoms with E-state index in [0.717, 1.165) is 17.5 Å². The van der Waals surface area contributed by atoms with Crippen LogP contribution in [0.2, 0.25) is 0 Å². The number of halogens is 1. The number of hydrogen-bond acceptors (Lipinski definition) is 3. The number of nitrogens with zero attached hydrogens (tertiary/aromatic N) is 1. The highest BCUT2D eigenvalue weighted by molar-refractivity contribution is 5.97. The fourth-order valence-corrected chi connectivity index (χ4v) is 3.97. The molecule has 0 aromatic heterocycles. The maximum Gasteiger partial charge on any atom is 0.253 e. The molecule has 1 atom stereocenters. The van der Waals surface area contributed by atoms with E-state index in [-0.39, 0.29) is 23.5 Å². The van der Waals surface area contributed by atoms with Crippen molar-refractivity contribution in [2.45, 2.75) is 26.4 Å². The molecular weight excluding hydrogens is 419 g/mol. The minimum atomic E-state index is -0.383. The van der Waals surface area contributed by atoms with Crippen LogP contribution < -0.4 is 10.1 Å². The van der Waals surface area contributed by atoms with Crippen molar-refractivity contribution in [3.8, 4) is 5.75 Å². The summed E-state index contributed by atoms with van der Waals surface area (Å²) in [4.78, 5) is 27.5. The Morgan fingerprint density at radius 3 is 2.58 bits per heavy atom. The van der Waals surface area contributed by atoms with Crippen LogP contribution >= 0.6 is 0 Å². The Morgan fingerprint density at radius 1 is 1.06 bits per heavy atom. The standard InChI is InChI=1S/C27H27FN2O3/c1-19-9-14-24(25(16-19)33-18-20-6-3-2-4-7-20)29-26(31)22-8-5-15-30(17-22)27(32)21-10-12-23(28)13-11-21/h2-4,6-7,9-14,16,22H,5,8,15,17-18H2,1H3,(H,29,31). The van der Waals surface area contributed by atoms with Gasteiger partial charge in [0.2, 0.25) is 5.91 Å². The number of amides is 2. The average molecular weight is 447 g/mol. The molecule has 5 nitrogen and oxygen atoms in total. The van der Waals surface area contributed by atoms with Crippen molar-refractivity contribution in [1.82, 2.24) is 4.90 Å². The Kier molecular flexibility index (Phi) is 7.03. The van der Waals surface area contributed by atoms with Crippen LogP contribution in [0.3, 0.4) is 0 Å². The number of ether oxygens (including phenoxy) is 1. The largest absolute Gasteiger partial charge is 0.487 e. The molecule has 1 saturated heterocycles. The predicted molar refractivity (Wildman–Crippen MR) is 126 cm³/mol. The molecule has 1 heterocycles. The van der Waals surface area contributed by atoms with Gasteiger partial charge in [0, 0.05) is 18.7 Å². The van der Waals surface area contributed by atoms with E-state index >= 15 is 0 Å². The Morgan fingerprint density at radius 2 is 1.82 bits per heavy atom. The first-order chi connectivity index (χ1) is 16.0. The molecule has 1 unspecified atom stereocenters. The summed E-state index contributed by atoms with van der Waals surface area (Å²) in [6, 6.07) is 21.0. The normalized spacial score (nSPS) is 15.7. The summed E-state index contributed by atoms with van der Waals surface area (Å²) in [5.41, 5.74) is 3.11. The number of nitrogens with one attached hydrogen (secondary N) is 1. The van der Waals surface area contributed by atoms with Crippen molar-refractivity contribution >= 4 is 17.5 Å². The molecule has 170 valence electrons. The minimum absolute atomic E-state index is 0.139. The maximum absolute atomic E-state index is 13.2. The fourth-order valence-electron chi connectivity index (χ4n) is 3.97. The summed E-state index contributed by atoms with van der Waals surface area (Å²) in [5.74, 6) is -0.422. The second kappa shape index (κ2) is 10.3. The van der Waals surface area contributed by atoms with Crippen LogP contribution in [0.25, 0.3) is 0 Å². The molecule has 0 radical (unpaired) electrons. The van der Waals surface area contributed by atoms with Crippen LogP contribution in [0, 0.1) is 18.7 Å². The number of hydrogen-bond donors (Lipinski definition) is 1. The molecule has 3 aromatic carbocycles. The molecule has 0 bridgehead atoms. The predicted octanol–water partition coefficient (Wildman–Crippen LogP) is 5.20. The molecule has 6 heteroatoms. The number of aryl methyl sites for hydroxylation is 1. The van der Waals surface area contributed by atoms with Crippen molar-refractivity contribution in [3.05, 3.63) is 95.3 Å². The zero-order valence-electron chi connectivity index (χ0n) is 18.6. The first kappa shape index (κ1) is 22.5. The number of piperidine rings is 1. The van der Waals surface area contributed by atoms with Gasteiger partial charge in [-0.15, -0.1) is 0 Å². The van der Waals surface area contributed by atoms with Crippen molar-refractivity contribution in [3.63, 3.8) is 0 Å². The van der Waals surface area contributed by atoms with E-state index in [1.807, 2.05) is 55.5 Å². The number of carbonyl (C=O) groups is 2. The summed E-state index contributed by atoms with van der Waals surface area (Å²) in [7, 11) is 0. The van der Waals surface area contributed by atoms with Gasteiger partial charge in [-0.3, -0.25) is 9.59 Å². The number of rotatable bonds is 6. The van der Waals surface area contributed by atoms with Crippen LogP contribution in [-0.2, 0) is 11.4 Å². The van der Waals surface area contributed by atoms with E-state index in [1.54, 1.807) is 4.90 Å². The van der Waals surface area contributed by atoms with Gasteiger partial charge in [-0.25, -0.2) is 4.39 Å². The highest BCUT2D eigenvalue weighted by atomic mass is 19.1. The molecule has 1 fully saturated rings. The van der Waals surface area contributed by atoms with E-state index < -0.39 is 0 Å². The van der Waals surface area contributed by atoms with E-state index in [2.05, 4.69) is 5.32 Å². The Hall–Kier alpha value is -3.67. The van der Waals surface area contributed by atoms with Gasteiger partial charge in [-0.05, 0) is 67.3 Å². The fraction of sp³-hybridized carbons (Fsp3) is 0.259. The van der Waals surface area contributed by atoms with Crippen LogP contribution in [0.15, 0.2) is 72.8 Å². The van der Waals surface area contributed by atoms with E-state index in [4.69, 9.17) is 4.74 Å². The zero-order valence-corrected chi connectivity index (χ0v) is 18.6. The lowest BCUT2D eigenvalue weighted by atomic mass is 9.96. The molecular formula is C27H27FN2O3. The van der Waals surface area contributed by atoms with Crippen molar-refractivity contribution in [2.24, 2.45) is 5.92 Å². The van der Waals surface area contributed by atoms with Gasteiger partial charge in [0.05, 0.1) is 11.6 Å². The van der Waals surface area contributed by atoms with Crippen LogP contribution in [0.4, 0.5) is 10.1 Å². The summed E-state index contributed by atoms with van der Waals surface area (Å²) >= 11 is 0. The maximum atomic E-state index is 13.2. The van der Waals surface area contributed by atoms with Crippen LogP contribution in [-0.4, -0.2) is 29.8 Å². The summed E-state index contributed by atoms with van der Waals surface area (Å²) < 4.78 is 19.2. The highest BCUT2D eigenvalue weighted by Crippen LogP contribution is 2.28. The number of likely N-dealkylation sites (tertiary alicyclic amines) is 1. The molecule has 1 aliphatic heterocycles. The summed E-state index contributed by atoms with van der Waals surface area (Å²) in [6.45, 7) is 3.28. The molecule has 4 rings (SSSR count). The van der Waals surface area contributed by atoms with E-state index in [1.165, 1.54) is 24.3 Å². The Labute approximate surface area is 193 Å². The monoisotopic (exact) mass is 446 g/mol. The molecule has 1 N–H and O–H groups in total. The first-order valence-electron chi connectivity index (χ1n) is 11.1. The topological polar surface area (TPSA) is 58.6 Å². The molecule has 2 amide bonds. The average Bonchev–Trinajstić information content (AvgIpc) is 2.85. The van der Waals surface area contributed by atoms with Crippen molar-refractivity contribution in [1.29, 1.82) is 0 Å². The smallest absolute Gasteiger partial charge is 0.253 e. The lowest BCUT2D eigenvalue weighted by Crippen LogP contribution is -2.43. The number of anilines is 1. The van der Waals surface area contributed by atoms with E-state index in [0.29, 0.717) is 43.1 Å². The van der Waals surface area contributed by atoms with Crippen LogP contribution in [0.1, 0.15) is 34.3 Å². The third-order valence-electron chi connectivity index (χ3n) is 5.80. The molecule has 0 spiro atoms. The molecule has 3 aromatic rings. The van der Waals surface area contributed by atoms with Gasteiger partial charge in [-0.1, -0.05) is 36.4 Å². The minimum Gasteiger partial charge on any atom is -0.487 e. The molecule has 1 aliphatic rings. The SMILES string of the molecule is Cc1ccc(NC(=O)C2CCCN(C(=O)c3ccc(F)cc3)C2)c(OCc2ccccc2)c1. The van der Waals surface area contributed by atoms with Gasteiger partial charge in [-0.2, -0.15) is 0 Å². The Balaban J connectivity index is 1.42. The van der Waals surface area contributed by atoms with Crippen molar-refractivity contribution < 1.29 is 18.7 Å². The van der Waals surface area contributed by atoms with Crippen molar-refractivity contribution in [2.75, 3.05) is 18.4 Å². The Bertz CT molecular complexity index is 1120. The second-order valence-electron chi connectivity index (χ2n) is 8.36. The van der Waals surface area contributed by atoms with E-state index in [9.17, 15) is 14.0 Å². The third kappa shape index (κ3) is 5.77. The van der Waals surface area contributed by atoms with Gasteiger partial charge in [0.25, 0.3) is 5.91 Å². The van der Waals surface area contributed by atoms with Gasteiger partial charge in [0.15, 0.2) is 0 Å². The number of benzene rings is 3. The first-order valence-corrected chi connectivity index (χ1v) is 11.1. The van der Waals surface area contributed by atoms with Gasteiger partial charge in [0.1, 0.15) is 18.2 Å². The highest BCUT2D eigenvalue weighted by Gasteiger charge is 2.29. The summed E-state index contributed by atoms with van der Waals surface area (Å²) in [5, 5.41) is 3.00. The lowest BCUT2D eigenvalue weighted by molar-refractivity contribution is -0.121. The van der Waals surface area contributed by atoms with Gasteiger partial charge < -0.3 is 15.0 Å². The summed E-state index contributed by atoms with van der Waals surface area (Å²) in [6.07, 6.45) is 1.43. The zero-order chi connectivity index (χ0) is 23.2. The van der Waals surface area contributed by atoms with Gasteiger partial charge >= 0.3 is 0 Å². The lowest BCUT2D eigenvalue weighted by Gasteiger charge is -2.32. The molecule has 0 saturated carbocycles.